The molecule has 1 fully saturated rings. The zero-order valence-electron chi connectivity index (χ0n) is 14.1. The number of nitrogens with zero attached hydrogens (tertiary/aromatic N) is 3. The molecule has 0 aliphatic carbocycles. The zero-order chi connectivity index (χ0) is 16.5. The molecule has 2 heterocycles. The summed E-state index contributed by atoms with van der Waals surface area (Å²) in [6, 6.07) is 14.1. The van der Waals surface area contributed by atoms with E-state index in [0.29, 0.717) is 5.88 Å². The van der Waals surface area contributed by atoms with E-state index in [9.17, 15) is 0 Å². The van der Waals surface area contributed by atoms with Crippen LogP contribution in [0.5, 0.6) is 11.6 Å². The number of benzene rings is 2. The third kappa shape index (κ3) is 2.80. The van der Waals surface area contributed by atoms with E-state index in [0.717, 1.165) is 35.7 Å². The lowest BCUT2D eigenvalue weighted by Gasteiger charge is -2.20. The molecule has 0 saturated carbocycles. The predicted octanol–water partition coefficient (Wildman–Crippen LogP) is 4.64. The fourth-order valence-electron chi connectivity index (χ4n) is 3.07. The number of aryl methyl sites for hydroxylation is 2. The first-order valence-electron chi connectivity index (χ1n) is 8.47. The molecular formula is C20H21N3O. The second kappa shape index (κ2) is 6.11. The summed E-state index contributed by atoms with van der Waals surface area (Å²) in [6.07, 6.45) is 2.38. The number of rotatable bonds is 3. The lowest BCUT2D eigenvalue weighted by Crippen LogP contribution is -2.20. The second-order valence-electron chi connectivity index (χ2n) is 6.38. The molecule has 1 aliphatic rings. The molecule has 0 unspecified atom stereocenters. The number of anilines is 1. The average molecular weight is 319 g/mol. The molecule has 0 radical (unpaired) electrons. The maximum Gasteiger partial charge on any atom is 0.263 e. The lowest BCUT2D eigenvalue weighted by atomic mass is 10.1. The largest absolute Gasteiger partial charge is 0.436 e. The normalized spacial score (nSPS) is 14.3. The summed E-state index contributed by atoms with van der Waals surface area (Å²) in [5.74, 6) is 2.26. The van der Waals surface area contributed by atoms with Gasteiger partial charge in [-0.3, -0.25) is 0 Å². The van der Waals surface area contributed by atoms with Gasteiger partial charge in [-0.2, -0.15) is 0 Å². The topological polar surface area (TPSA) is 38.3 Å². The van der Waals surface area contributed by atoms with E-state index < -0.39 is 0 Å². The van der Waals surface area contributed by atoms with Gasteiger partial charge in [0.15, 0.2) is 5.82 Å². The quantitative estimate of drug-likeness (QED) is 0.705. The standard InChI is InChI=1S/C20H21N3O/c1-14-9-10-16(13-15(14)2)24-20-19(23-11-5-6-12-23)21-17-7-3-4-8-18(17)22-20/h3-4,7-10,13H,5-6,11-12H2,1-2H3. The molecule has 1 saturated heterocycles. The Balaban J connectivity index is 1.79. The highest BCUT2D eigenvalue weighted by atomic mass is 16.5. The van der Waals surface area contributed by atoms with Gasteiger partial charge in [-0.05, 0) is 62.1 Å². The number of hydrogen-bond acceptors (Lipinski definition) is 4. The van der Waals surface area contributed by atoms with E-state index in [2.05, 4.69) is 30.9 Å². The molecule has 24 heavy (non-hydrogen) atoms. The van der Waals surface area contributed by atoms with Crippen LogP contribution >= 0.6 is 0 Å². The third-order valence-corrected chi connectivity index (χ3v) is 4.62. The number of aromatic nitrogens is 2. The Morgan fingerprint density at radius 2 is 1.58 bits per heavy atom. The Kier molecular flexibility index (Phi) is 3.81. The Morgan fingerprint density at radius 1 is 0.875 bits per heavy atom. The van der Waals surface area contributed by atoms with Crippen molar-refractivity contribution in [3.05, 3.63) is 53.6 Å². The maximum absolute atomic E-state index is 6.15. The van der Waals surface area contributed by atoms with Crippen LogP contribution in [0.3, 0.4) is 0 Å². The molecule has 0 spiro atoms. The summed E-state index contributed by atoms with van der Waals surface area (Å²) in [5.41, 5.74) is 4.24. The number of ether oxygens (including phenoxy) is 1. The molecule has 0 bridgehead atoms. The van der Waals surface area contributed by atoms with Gasteiger partial charge < -0.3 is 9.64 Å². The molecular weight excluding hydrogens is 298 g/mol. The van der Waals surface area contributed by atoms with E-state index in [4.69, 9.17) is 14.7 Å². The van der Waals surface area contributed by atoms with Crippen molar-refractivity contribution in [2.24, 2.45) is 0 Å². The molecule has 4 rings (SSSR count). The van der Waals surface area contributed by atoms with Gasteiger partial charge in [-0.25, -0.2) is 9.97 Å². The van der Waals surface area contributed by atoms with Crippen LogP contribution in [0.2, 0.25) is 0 Å². The molecule has 3 aromatic rings. The van der Waals surface area contributed by atoms with Gasteiger partial charge in [-0.15, -0.1) is 0 Å². The predicted molar refractivity (Wildman–Crippen MR) is 97.0 cm³/mol. The van der Waals surface area contributed by atoms with Crippen molar-refractivity contribution in [2.45, 2.75) is 26.7 Å². The Bertz CT molecular complexity index is 885. The van der Waals surface area contributed by atoms with Crippen molar-refractivity contribution in [1.82, 2.24) is 9.97 Å². The molecule has 1 aromatic heterocycles. The number of fused-ring (bicyclic) bond motifs is 1. The van der Waals surface area contributed by atoms with E-state index in [1.807, 2.05) is 30.3 Å². The highest BCUT2D eigenvalue weighted by Crippen LogP contribution is 2.33. The van der Waals surface area contributed by atoms with Crippen molar-refractivity contribution in [3.63, 3.8) is 0 Å². The average Bonchev–Trinajstić information content (AvgIpc) is 3.12. The van der Waals surface area contributed by atoms with Crippen LogP contribution in [-0.2, 0) is 0 Å². The Hall–Kier alpha value is -2.62. The van der Waals surface area contributed by atoms with Gasteiger partial charge in [0, 0.05) is 13.1 Å². The van der Waals surface area contributed by atoms with E-state index >= 15 is 0 Å². The minimum absolute atomic E-state index is 0.596. The van der Waals surface area contributed by atoms with Gasteiger partial charge in [0.25, 0.3) is 5.88 Å². The van der Waals surface area contributed by atoms with Gasteiger partial charge >= 0.3 is 0 Å². The first-order chi connectivity index (χ1) is 11.7. The number of para-hydroxylation sites is 2. The molecule has 0 N–H and O–H groups in total. The SMILES string of the molecule is Cc1ccc(Oc2nc3ccccc3nc2N2CCCC2)cc1C. The molecule has 4 nitrogen and oxygen atoms in total. The van der Waals surface area contributed by atoms with Crippen LogP contribution in [0.15, 0.2) is 42.5 Å². The fourth-order valence-corrected chi connectivity index (χ4v) is 3.07. The maximum atomic E-state index is 6.15. The zero-order valence-corrected chi connectivity index (χ0v) is 14.1. The van der Waals surface area contributed by atoms with E-state index in [1.54, 1.807) is 0 Å². The van der Waals surface area contributed by atoms with Gasteiger partial charge in [0.1, 0.15) is 5.75 Å². The summed E-state index contributed by atoms with van der Waals surface area (Å²) in [4.78, 5) is 11.8. The van der Waals surface area contributed by atoms with Gasteiger partial charge in [0.05, 0.1) is 11.0 Å². The highest BCUT2D eigenvalue weighted by Gasteiger charge is 2.21. The Labute approximate surface area is 142 Å². The van der Waals surface area contributed by atoms with Crippen LogP contribution in [0, 0.1) is 13.8 Å². The van der Waals surface area contributed by atoms with E-state index in [1.165, 1.54) is 24.0 Å². The summed E-state index contributed by atoms with van der Waals surface area (Å²) in [5, 5.41) is 0. The molecule has 0 amide bonds. The molecule has 2 aromatic carbocycles. The minimum atomic E-state index is 0.596. The highest BCUT2D eigenvalue weighted by molar-refractivity contribution is 5.77. The smallest absolute Gasteiger partial charge is 0.263 e. The first-order valence-corrected chi connectivity index (χ1v) is 8.47. The van der Waals surface area contributed by atoms with Gasteiger partial charge in [0.2, 0.25) is 0 Å². The molecule has 1 aliphatic heterocycles. The van der Waals surface area contributed by atoms with Crippen molar-refractivity contribution < 1.29 is 4.74 Å². The summed E-state index contributed by atoms with van der Waals surface area (Å²) < 4.78 is 6.15. The van der Waals surface area contributed by atoms with E-state index in [-0.39, 0.29) is 0 Å². The van der Waals surface area contributed by atoms with Crippen LogP contribution in [0.25, 0.3) is 11.0 Å². The second-order valence-corrected chi connectivity index (χ2v) is 6.38. The summed E-state index contributed by atoms with van der Waals surface area (Å²) in [7, 11) is 0. The lowest BCUT2D eigenvalue weighted by molar-refractivity contribution is 0.462. The van der Waals surface area contributed by atoms with Crippen LogP contribution < -0.4 is 9.64 Å². The van der Waals surface area contributed by atoms with Crippen molar-refractivity contribution in [2.75, 3.05) is 18.0 Å². The Morgan fingerprint density at radius 3 is 2.29 bits per heavy atom. The summed E-state index contributed by atoms with van der Waals surface area (Å²) >= 11 is 0. The number of hydrogen-bond donors (Lipinski definition) is 0. The molecule has 4 heteroatoms. The monoisotopic (exact) mass is 319 g/mol. The molecule has 122 valence electrons. The van der Waals surface area contributed by atoms with Crippen molar-refractivity contribution in [1.29, 1.82) is 0 Å². The fraction of sp³-hybridized carbons (Fsp3) is 0.300. The third-order valence-electron chi connectivity index (χ3n) is 4.62. The van der Waals surface area contributed by atoms with Gasteiger partial charge in [-0.1, -0.05) is 18.2 Å². The first kappa shape index (κ1) is 14.9. The van der Waals surface area contributed by atoms with Crippen LogP contribution in [-0.4, -0.2) is 23.1 Å². The van der Waals surface area contributed by atoms with Crippen LogP contribution in [0.1, 0.15) is 24.0 Å². The summed E-state index contributed by atoms with van der Waals surface area (Å²) in [6.45, 7) is 6.22. The minimum Gasteiger partial charge on any atom is -0.436 e. The van der Waals surface area contributed by atoms with Crippen molar-refractivity contribution >= 4 is 16.9 Å². The molecule has 0 atom stereocenters. The van der Waals surface area contributed by atoms with Crippen LogP contribution in [0.4, 0.5) is 5.82 Å². The van der Waals surface area contributed by atoms with Crippen molar-refractivity contribution in [3.8, 4) is 11.6 Å².